The zero-order valence-corrected chi connectivity index (χ0v) is 12.4. The summed E-state index contributed by atoms with van der Waals surface area (Å²) in [6.45, 7) is 1.54. The number of hydrogen-bond donors (Lipinski definition) is 1. The molecule has 2 aliphatic rings. The molecule has 1 saturated heterocycles. The van der Waals surface area contributed by atoms with Crippen LogP contribution in [0.4, 0.5) is 0 Å². The molecule has 104 valence electrons. The first kappa shape index (κ1) is 14.7. The molecule has 1 unspecified atom stereocenters. The van der Waals surface area contributed by atoms with Crippen LogP contribution in [0.15, 0.2) is 24.3 Å². The second-order valence-corrected chi connectivity index (χ2v) is 6.25. The van der Waals surface area contributed by atoms with Crippen LogP contribution in [0, 0.1) is 0 Å². The molecule has 0 bridgehead atoms. The highest BCUT2D eigenvalue weighted by Gasteiger charge is 2.33. The second kappa shape index (κ2) is 6.16. The van der Waals surface area contributed by atoms with Gasteiger partial charge >= 0.3 is 0 Å². The Bertz CT molecular complexity index is 469. The van der Waals surface area contributed by atoms with Gasteiger partial charge in [0.1, 0.15) is 5.25 Å². The molecule has 1 fully saturated rings. The van der Waals surface area contributed by atoms with Gasteiger partial charge in [-0.15, -0.1) is 24.2 Å². The Morgan fingerprint density at radius 1 is 1.37 bits per heavy atom. The molecule has 3 nitrogen and oxygen atoms in total. The molecule has 3 rings (SSSR count). The number of nitrogens with two attached hydrogens (primary N) is 1. The molecule has 2 heterocycles. The fourth-order valence-electron chi connectivity index (χ4n) is 2.75. The lowest BCUT2D eigenvalue weighted by Gasteiger charge is -2.28. The highest BCUT2D eigenvalue weighted by Crippen LogP contribution is 2.38. The lowest BCUT2D eigenvalue weighted by molar-refractivity contribution is -0.129. The van der Waals surface area contributed by atoms with E-state index in [2.05, 4.69) is 18.2 Å². The van der Waals surface area contributed by atoms with Crippen molar-refractivity contribution in [3.63, 3.8) is 0 Å². The Balaban J connectivity index is 0.00000133. The van der Waals surface area contributed by atoms with Crippen molar-refractivity contribution in [3.05, 3.63) is 35.4 Å². The van der Waals surface area contributed by atoms with E-state index < -0.39 is 0 Å². The number of carbonyl (C=O) groups excluding carboxylic acids is 1. The maximum Gasteiger partial charge on any atom is 0.240 e. The molecule has 19 heavy (non-hydrogen) atoms. The standard InChI is InChI=1S/C14H18N2OS.ClH/c15-11-5-7-16(9-11)14(17)13-12-4-2-1-3-10(12)6-8-18-13;/h1-4,11,13H,5-9,15H2;1H/t11-,13?;/m1./s1. The van der Waals surface area contributed by atoms with Gasteiger partial charge in [0.05, 0.1) is 0 Å². The third kappa shape index (κ3) is 2.91. The molecule has 0 aromatic heterocycles. The van der Waals surface area contributed by atoms with Gasteiger partial charge in [-0.3, -0.25) is 4.79 Å². The lowest BCUT2D eigenvalue weighted by Crippen LogP contribution is -2.35. The van der Waals surface area contributed by atoms with Crippen molar-refractivity contribution < 1.29 is 4.79 Å². The van der Waals surface area contributed by atoms with Gasteiger partial charge in [0.2, 0.25) is 5.91 Å². The topological polar surface area (TPSA) is 46.3 Å². The van der Waals surface area contributed by atoms with Crippen molar-refractivity contribution in [2.24, 2.45) is 5.73 Å². The van der Waals surface area contributed by atoms with Crippen molar-refractivity contribution in [3.8, 4) is 0 Å². The number of amides is 1. The number of halogens is 1. The van der Waals surface area contributed by atoms with Crippen molar-refractivity contribution >= 4 is 30.1 Å². The Morgan fingerprint density at radius 3 is 2.89 bits per heavy atom. The molecule has 0 radical (unpaired) electrons. The van der Waals surface area contributed by atoms with Gasteiger partial charge in [-0.1, -0.05) is 24.3 Å². The van der Waals surface area contributed by atoms with Gasteiger partial charge in [0, 0.05) is 19.1 Å². The van der Waals surface area contributed by atoms with Crippen LogP contribution in [-0.4, -0.2) is 35.7 Å². The molecule has 1 amide bonds. The van der Waals surface area contributed by atoms with Gasteiger partial charge < -0.3 is 10.6 Å². The van der Waals surface area contributed by atoms with Crippen molar-refractivity contribution in [1.29, 1.82) is 0 Å². The first-order valence-corrected chi connectivity index (χ1v) is 7.54. The van der Waals surface area contributed by atoms with Gasteiger partial charge in [0.25, 0.3) is 0 Å². The molecule has 2 atom stereocenters. The second-order valence-electron chi connectivity index (χ2n) is 5.03. The zero-order valence-electron chi connectivity index (χ0n) is 10.7. The number of benzene rings is 1. The number of carbonyl (C=O) groups is 1. The van der Waals surface area contributed by atoms with E-state index in [1.54, 1.807) is 11.8 Å². The summed E-state index contributed by atoms with van der Waals surface area (Å²) in [6, 6.07) is 8.49. The predicted octanol–water partition coefficient (Wildman–Crippen LogP) is 2.00. The summed E-state index contributed by atoms with van der Waals surface area (Å²) in [6.07, 6.45) is 2.01. The zero-order chi connectivity index (χ0) is 12.5. The summed E-state index contributed by atoms with van der Waals surface area (Å²) in [5, 5.41) is -0.0137. The highest BCUT2D eigenvalue weighted by atomic mass is 35.5. The van der Waals surface area contributed by atoms with Gasteiger partial charge in [0.15, 0.2) is 0 Å². The first-order chi connectivity index (χ1) is 8.75. The summed E-state index contributed by atoms with van der Waals surface area (Å²) < 4.78 is 0. The number of hydrogen-bond acceptors (Lipinski definition) is 3. The third-order valence-corrected chi connectivity index (χ3v) is 4.98. The van der Waals surface area contributed by atoms with Crippen LogP contribution in [0.25, 0.3) is 0 Å². The fraction of sp³-hybridized carbons (Fsp3) is 0.500. The average Bonchev–Trinajstić information content (AvgIpc) is 2.84. The summed E-state index contributed by atoms with van der Waals surface area (Å²) >= 11 is 1.77. The monoisotopic (exact) mass is 298 g/mol. The number of aryl methyl sites for hydroxylation is 1. The van der Waals surface area contributed by atoms with E-state index in [1.165, 1.54) is 11.1 Å². The lowest BCUT2D eigenvalue weighted by atomic mass is 10.0. The number of fused-ring (bicyclic) bond motifs is 1. The average molecular weight is 299 g/mol. The largest absolute Gasteiger partial charge is 0.340 e. The van der Waals surface area contributed by atoms with E-state index in [1.807, 2.05) is 11.0 Å². The van der Waals surface area contributed by atoms with Crippen LogP contribution in [0.3, 0.4) is 0 Å². The van der Waals surface area contributed by atoms with Crippen molar-refractivity contribution in [2.45, 2.75) is 24.1 Å². The molecule has 0 saturated carbocycles. The number of rotatable bonds is 1. The fourth-order valence-corrected chi connectivity index (χ4v) is 4.03. The quantitative estimate of drug-likeness (QED) is 0.862. The smallest absolute Gasteiger partial charge is 0.240 e. The molecule has 1 aromatic rings. The molecule has 2 aliphatic heterocycles. The molecule has 1 aromatic carbocycles. The predicted molar refractivity (Wildman–Crippen MR) is 81.8 cm³/mol. The van der Waals surface area contributed by atoms with E-state index in [9.17, 15) is 4.79 Å². The van der Waals surface area contributed by atoms with E-state index in [4.69, 9.17) is 5.73 Å². The summed E-state index contributed by atoms with van der Waals surface area (Å²) in [4.78, 5) is 14.5. The highest BCUT2D eigenvalue weighted by molar-refractivity contribution is 8.00. The van der Waals surface area contributed by atoms with Crippen LogP contribution in [0.2, 0.25) is 0 Å². The van der Waals surface area contributed by atoms with Crippen LogP contribution in [0.5, 0.6) is 0 Å². The normalized spacial score (nSPS) is 25.6. The molecular formula is C14H19ClN2OS. The van der Waals surface area contributed by atoms with E-state index in [-0.39, 0.29) is 29.6 Å². The number of likely N-dealkylation sites (tertiary alicyclic amines) is 1. The molecular weight excluding hydrogens is 280 g/mol. The minimum absolute atomic E-state index is 0. The number of nitrogens with zero attached hydrogens (tertiary/aromatic N) is 1. The van der Waals surface area contributed by atoms with E-state index in [0.29, 0.717) is 0 Å². The Kier molecular flexibility index (Phi) is 4.76. The van der Waals surface area contributed by atoms with Crippen LogP contribution in [-0.2, 0) is 11.2 Å². The number of thioether (sulfide) groups is 1. The molecule has 0 spiro atoms. The summed E-state index contributed by atoms with van der Waals surface area (Å²) in [7, 11) is 0. The van der Waals surface area contributed by atoms with Crippen molar-refractivity contribution in [2.75, 3.05) is 18.8 Å². The maximum absolute atomic E-state index is 12.6. The maximum atomic E-state index is 12.6. The summed E-state index contributed by atoms with van der Waals surface area (Å²) in [5.41, 5.74) is 8.43. The first-order valence-electron chi connectivity index (χ1n) is 6.49. The van der Waals surface area contributed by atoms with Crippen LogP contribution < -0.4 is 5.73 Å². The minimum atomic E-state index is -0.0137. The van der Waals surface area contributed by atoms with Gasteiger partial charge in [-0.2, -0.15) is 0 Å². The van der Waals surface area contributed by atoms with Crippen LogP contribution in [0.1, 0.15) is 22.8 Å². The van der Waals surface area contributed by atoms with Crippen molar-refractivity contribution in [1.82, 2.24) is 4.90 Å². The molecule has 5 heteroatoms. The molecule has 0 aliphatic carbocycles. The minimum Gasteiger partial charge on any atom is -0.340 e. The summed E-state index contributed by atoms with van der Waals surface area (Å²) in [5.74, 6) is 1.29. The Labute approximate surface area is 124 Å². The van der Waals surface area contributed by atoms with E-state index >= 15 is 0 Å². The van der Waals surface area contributed by atoms with Gasteiger partial charge in [-0.05, 0) is 29.7 Å². The SMILES string of the molecule is Cl.N[C@@H]1CCN(C(=O)C2SCCc3ccccc32)C1. The van der Waals surface area contributed by atoms with Gasteiger partial charge in [-0.25, -0.2) is 0 Å². The molecule has 2 N–H and O–H groups in total. The third-order valence-electron chi connectivity index (χ3n) is 3.75. The van der Waals surface area contributed by atoms with Crippen LogP contribution >= 0.6 is 24.2 Å². The van der Waals surface area contributed by atoms with E-state index in [0.717, 1.165) is 31.7 Å². The Morgan fingerprint density at radius 2 is 2.16 bits per heavy atom. The Hall–Kier alpha value is -0.710.